The SMILES string of the molecule is N#C[C@@H](c1ccccn1)[C@H](CC(=O)c1ccccn1)c1ccccc1F. The first-order valence-corrected chi connectivity index (χ1v) is 8.20. The number of carbonyl (C=O) groups is 1. The van der Waals surface area contributed by atoms with Crippen molar-refractivity contribution in [2.45, 2.75) is 18.3 Å². The summed E-state index contributed by atoms with van der Waals surface area (Å²) in [5.41, 5.74) is 1.14. The van der Waals surface area contributed by atoms with Crippen LogP contribution in [0.2, 0.25) is 0 Å². The quantitative estimate of drug-likeness (QED) is 0.625. The number of carbonyl (C=O) groups excluding carboxylic acids is 1. The second-order valence-corrected chi connectivity index (χ2v) is 5.83. The summed E-state index contributed by atoms with van der Waals surface area (Å²) in [5, 5.41) is 9.75. The lowest BCUT2D eigenvalue weighted by atomic mass is 9.80. The average molecular weight is 345 g/mol. The first-order chi connectivity index (χ1) is 12.7. The summed E-state index contributed by atoms with van der Waals surface area (Å²) in [5.74, 6) is -2.09. The second-order valence-electron chi connectivity index (χ2n) is 5.83. The first kappa shape index (κ1) is 17.4. The lowest BCUT2D eigenvalue weighted by Crippen LogP contribution is -2.17. The number of hydrogen-bond acceptors (Lipinski definition) is 4. The highest BCUT2D eigenvalue weighted by Gasteiger charge is 2.30. The molecule has 2 heterocycles. The van der Waals surface area contributed by atoms with Crippen LogP contribution in [0.15, 0.2) is 73.1 Å². The summed E-state index contributed by atoms with van der Waals surface area (Å²) in [7, 11) is 0. The topological polar surface area (TPSA) is 66.6 Å². The van der Waals surface area contributed by atoms with E-state index in [9.17, 15) is 14.4 Å². The average Bonchev–Trinajstić information content (AvgIpc) is 2.70. The van der Waals surface area contributed by atoms with Gasteiger partial charge >= 0.3 is 0 Å². The van der Waals surface area contributed by atoms with E-state index in [1.54, 1.807) is 60.8 Å². The van der Waals surface area contributed by atoms with E-state index < -0.39 is 17.7 Å². The molecule has 2 aromatic heterocycles. The predicted molar refractivity (Wildman–Crippen MR) is 94.9 cm³/mol. The Morgan fingerprint density at radius 1 is 1.00 bits per heavy atom. The van der Waals surface area contributed by atoms with E-state index in [0.29, 0.717) is 17.0 Å². The number of rotatable bonds is 6. The van der Waals surface area contributed by atoms with Crippen molar-refractivity contribution >= 4 is 5.78 Å². The van der Waals surface area contributed by atoms with Crippen LogP contribution < -0.4 is 0 Å². The molecule has 0 aliphatic carbocycles. The molecule has 0 aliphatic heterocycles. The summed E-state index contributed by atoms with van der Waals surface area (Å²) < 4.78 is 14.4. The molecule has 128 valence electrons. The maximum Gasteiger partial charge on any atom is 0.181 e. The first-order valence-electron chi connectivity index (χ1n) is 8.20. The number of pyridine rings is 2. The van der Waals surface area contributed by atoms with Gasteiger partial charge in [-0.25, -0.2) is 4.39 Å². The number of Topliss-reactive ketones (excluding diaryl/α,β-unsaturated/α-hetero) is 1. The van der Waals surface area contributed by atoms with Gasteiger partial charge in [0.05, 0.1) is 17.7 Å². The fourth-order valence-electron chi connectivity index (χ4n) is 2.94. The van der Waals surface area contributed by atoms with Crippen LogP contribution in [0.3, 0.4) is 0 Å². The summed E-state index contributed by atoms with van der Waals surface area (Å²) in [6, 6.07) is 18.7. The molecule has 1 aromatic carbocycles. The number of aromatic nitrogens is 2. The van der Waals surface area contributed by atoms with Gasteiger partial charge in [-0.05, 0) is 35.9 Å². The Hall–Kier alpha value is -3.39. The Morgan fingerprint density at radius 2 is 1.69 bits per heavy atom. The molecule has 0 fully saturated rings. The molecule has 0 radical (unpaired) electrons. The summed E-state index contributed by atoms with van der Waals surface area (Å²) in [6.07, 6.45) is 3.08. The standard InChI is InChI=1S/C21H16FN3O/c22-18-8-2-1-7-15(18)16(13-21(26)20-10-4-6-12-25-20)17(14-23)19-9-3-5-11-24-19/h1-12,16-17H,13H2/t16-,17-/m1/s1. The Balaban J connectivity index is 2.01. The lowest BCUT2D eigenvalue weighted by molar-refractivity contribution is 0.0966. The van der Waals surface area contributed by atoms with E-state index >= 15 is 0 Å². The molecule has 3 rings (SSSR count). The Bertz CT molecular complexity index is 923. The zero-order valence-corrected chi connectivity index (χ0v) is 13.9. The van der Waals surface area contributed by atoms with Gasteiger partial charge in [0.2, 0.25) is 0 Å². The van der Waals surface area contributed by atoms with Gasteiger partial charge in [0, 0.05) is 24.7 Å². The molecule has 4 nitrogen and oxygen atoms in total. The fourth-order valence-corrected chi connectivity index (χ4v) is 2.94. The van der Waals surface area contributed by atoms with Crippen LogP contribution in [0, 0.1) is 17.1 Å². The normalized spacial score (nSPS) is 12.8. The maximum absolute atomic E-state index is 14.4. The molecule has 26 heavy (non-hydrogen) atoms. The van der Waals surface area contributed by atoms with E-state index in [-0.39, 0.29) is 12.2 Å². The fraction of sp³-hybridized carbons (Fsp3) is 0.143. The zero-order chi connectivity index (χ0) is 18.4. The monoisotopic (exact) mass is 345 g/mol. The van der Waals surface area contributed by atoms with E-state index in [4.69, 9.17) is 0 Å². The lowest BCUT2D eigenvalue weighted by Gasteiger charge is -2.22. The van der Waals surface area contributed by atoms with Gasteiger partial charge in [-0.15, -0.1) is 0 Å². The number of benzene rings is 1. The molecular weight excluding hydrogens is 329 g/mol. The van der Waals surface area contributed by atoms with E-state index in [0.717, 1.165) is 0 Å². The third kappa shape index (κ3) is 3.81. The minimum absolute atomic E-state index is 0.0350. The number of nitriles is 1. The smallest absolute Gasteiger partial charge is 0.181 e. The largest absolute Gasteiger partial charge is 0.292 e. The van der Waals surface area contributed by atoms with Crippen LogP contribution in [-0.4, -0.2) is 15.8 Å². The predicted octanol–water partition coefficient (Wildman–Crippen LogP) is 4.28. The van der Waals surface area contributed by atoms with Gasteiger partial charge in [0.25, 0.3) is 0 Å². The highest BCUT2D eigenvalue weighted by Crippen LogP contribution is 2.36. The van der Waals surface area contributed by atoms with Gasteiger partial charge in [-0.1, -0.05) is 30.3 Å². The molecule has 0 saturated carbocycles. The highest BCUT2D eigenvalue weighted by molar-refractivity contribution is 5.94. The second kappa shape index (κ2) is 8.13. The van der Waals surface area contributed by atoms with Gasteiger partial charge < -0.3 is 0 Å². The summed E-state index contributed by atoms with van der Waals surface area (Å²) in [6.45, 7) is 0. The van der Waals surface area contributed by atoms with Gasteiger partial charge in [-0.2, -0.15) is 5.26 Å². The van der Waals surface area contributed by atoms with Crippen molar-refractivity contribution in [3.63, 3.8) is 0 Å². The number of ketones is 1. The highest BCUT2D eigenvalue weighted by atomic mass is 19.1. The van der Waals surface area contributed by atoms with Crippen LogP contribution in [0.5, 0.6) is 0 Å². The molecule has 0 saturated heterocycles. The summed E-state index contributed by atoms with van der Waals surface area (Å²) in [4.78, 5) is 21.0. The molecular formula is C21H16FN3O. The maximum atomic E-state index is 14.4. The van der Waals surface area contributed by atoms with Crippen LogP contribution in [0.4, 0.5) is 4.39 Å². The number of hydrogen-bond donors (Lipinski definition) is 0. The van der Waals surface area contributed by atoms with Crippen molar-refractivity contribution in [3.8, 4) is 6.07 Å². The molecule has 0 spiro atoms. The summed E-state index contributed by atoms with van der Waals surface area (Å²) >= 11 is 0. The van der Waals surface area contributed by atoms with E-state index in [1.165, 1.54) is 12.3 Å². The van der Waals surface area contributed by atoms with Crippen molar-refractivity contribution in [2.24, 2.45) is 0 Å². The van der Waals surface area contributed by atoms with Crippen molar-refractivity contribution < 1.29 is 9.18 Å². The molecule has 0 unspecified atom stereocenters. The molecule has 0 aliphatic rings. The van der Waals surface area contributed by atoms with E-state index in [1.807, 2.05) is 0 Å². The molecule has 0 amide bonds. The van der Waals surface area contributed by atoms with Crippen LogP contribution in [-0.2, 0) is 0 Å². The Morgan fingerprint density at radius 3 is 2.31 bits per heavy atom. The minimum Gasteiger partial charge on any atom is -0.292 e. The third-order valence-electron chi connectivity index (χ3n) is 4.21. The van der Waals surface area contributed by atoms with Crippen molar-refractivity contribution in [2.75, 3.05) is 0 Å². The van der Waals surface area contributed by atoms with Gasteiger partial charge in [0.1, 0.15) is 11.5 Å². The molecule has 2 atom stereocenters. The third-order valence-corrected chi connectivity index (χ3v) is 4.21. The zero-order valence-electron chi connectivity index (χ0n) is 13.9. The minimum atomic E-state index is -0.749. The van der Waals surface area contributed by atoms with Crippen molar-refractivity contribution in [1.29, 1.82) is 5.26 Å². The number of nitrogens with zero attached hydrogens (tertiary/aromatic N) is 3. The van der Waals surface area contributed by atoms with Gasteiger partial charge in [-0.3, -0.25) is 14.8 Å². The number of halogens is 1. The Kier molecular flexibility index (Phi) is 5.45. The molecule has 0 N–H and O–H groups in total. The van der Waals surface area contributed by atoms with E-state index in [2.05, 4.69) is 16.0 Å². The van der Waals surface area contributed by atoms with Gasteiger partial charge in [0.15, 0.2) is 5.78 Å². The van der Waals surface area contributed by atoms with Crippen molar-refractivity contribution in [3.05, 3.63) is 95.8 Å². The van der Waals surface area contributed by atoms with Crippen LogP contribution in [0.25, 0.3) is 0 Å². The molecule has 0 bridgehead atoms. The van der Waals surface area contributed by atoms with Crippen LogP contribution in [0.1, 0.15) is 40.0 Å². The van der Waals surface area contributed by atoms with Crippen molar-refractivity contribution in [1.82, 2.24) is 9.97 Å². The molecule has 3 aromatic rings. The van der Waals surface area contributed by atoms with Crippen LogP contribution >= 0.6 is 0 Å². The molecule has 5 heteroatoms. The Labute approximate surface area is 151 Å².